The molecule has 0 aliphatic heterocycles. The molecule has 5 heteroatoms. The second-order valence-electron chi connectivity index (χ2n) is 3.43. The molecule has 0 saturated carbocycles. The predicted octanol–water partition coefficient (Wildman–Crippen LogP) is 1.78. The van der Waals surface area contributed by atoms with Crippen molar-refractivity contribution < 1.29 is 12.7 Å². The van der Waals surface area contributed by atoms with Crippen LogP contribution in [0.2, 0.25) is 0 Å². The number of hydrogen-bond donors (Lipinski definition) is 1. The van der Waals surface area contributed by atoms with Gasteiger partial charge in [0.05, 0.1) is 4.90 Å². The summed E-state index contributed by atoms with van der Waals surface area (Å²) in [5.74, 6) is 5.09. The third kappa shape index (κ3) is 2.77. The standard InChI is InChI=1S/C10H15NO3S/c1-3-8(2)9-4-6-10(7-5-9)15(12,13)14-11/h4-8H,3,11H2,1-2H3. The monoisotopic (exact) mass is 229 g/mol. The highest BCUT2D eigenvalue weighted by Gasteiger charge is 2.13. The third-order valence-electron chi connectivity index (χ3n) is 2.48. The van der Waals surface area contributed by atoms with Crippen LogP contribution in [0, 0.1) is 0 Å². The van der Waals surface area contributed by atoms with E-state index in [0.29, 0.717) is 5.92 Å². The van der Waals surface area contributed by atoms with Crippen molar-refractivity contribution in [3.63, 3.8) is 0 Å². The summed E-state index contributed by atoms with van der Waals surface area (Å²) in [6, 6.07) is 6.56. The smallest absolute Gasteiger partial charge is 0.197 e. The SMILES string of the molecule is CCC(C)c1ccc(S(=O)(=O)ON)cc1. The summed E-state index contributed by atoms with van der Waals surface area (Å²) < 4.78 is 26.3. The summed E-state index contributed by atoms with van der Waals surface area (Å²) in [6.07, 6.45) is 1.01. The summed E-state index contributed by atoms with van der Waals surface area (Å²) in [5, 5.41) is 0. The summed E-state index contributed by atoms with van der Waals surface area (Å²) in [6.45, 7) is 4.17. The first-order valence-electron chi connectivity index (χ1n) is 4.74. The van der Waals surface area contributed by atoms with Crippen LogP contribution in [0.5, 0.6) is 0 Å². The van der Waals surface area contributed by atoms with Crippen molar-refractivity contribution in [2.24, 2.45) is 5.90 Å². The highest BCUT2D eigenvalue weighted by molar-refractivity contribution is 7.86. The predicted molar refractivity (Wildman–Crippen MR) is 57.6 cm³/mol. The largest absolute Gasteiger partial charge is 0.312 e. The van der Waals surface area contributed by atoms with Gasteiger partial charge in [0.15, 0.2) is 0 Å². The van der Waals surface area contributed by atoms with Crippen molar-refractivity contribution in [2.75, 3.05) is 0 Å². The van der Waals surface area contributed by atoms with Gasteiger partial charge in [-0.3, -0.25) is 0 Å². The van der Waals surface area contributed by atoms with E-state index in [1.54, 1.807) is 12.1 Å². The van der Waals surface area contributed by atoms with Gasteiger partial charge in [-0.25, -0.2) is 0 Å². The van der Waals surface area contributed by atoms with Crippen LogP contribution in [0.3, 0.4) is 0 Å². The van der Waals surface area contributed by atoms with Gasteiger partial charge in [0.1, 0.15) is 0 Å². The lowest BCUT2D eigenvalue weighted by atomic mass is 9.99. The zero-order valence-corrected chi connectivity index (χ0v) is 9.62. The Morgan fingerprint density at radius 3 is 2.27 bits per heavy atom. The first-order chi connectivity index (χ1) is 7.01. The highest BCUT2D eigenvalue weighted by Crippen LogP contribution is 2.20. The topological polar surface area (TPSA) is 69.4 Å². The van der Waals surface area contributed by atoms with Gasteiger partial charge < -0.3 is 0 Å². The van der Waals surface area contributed by atoms with Crippen molar-refractivity contribution in [2.45, 2.75) is 31.1 Å². The van der Waals surface area contributed by atoms with Crippen molar-refractivity contribution >= 4 is 10.1 Å². The van der Waals surface area contributed by atoms with Gasteiger partial charge in [0.25, 0.3) is 0 Å². The number of rotatable bonds is 4. The first kappa shape index (κ1) is 12.2. The molecular formula is C10H15NO3S. The molecule has 1 aromatic carbocycles. The van der Waals surface area contributed by atoms with E-state index >= 15 is 0 Å². The Morgan fingerprint density at radius 1 is 1.33 bits per heavy atom. The molecule has 0 spiro atoms. The summed E-state index contributed by atoms with van der Waals surface area (Å²) in [7, 11) is -3.77. The second kappa shape index (κ2) is 4.74. The van der Waals surface area contributed by atoms with E-state index in [1.165, 1.54) is 12.1 Å². The molecule has 0 bridgehead atoms. The second-order valence-corrected chi connectivity index (χ2v) is 5.00. The first-order valence-corrected chi connectivity index (χ1v) is 6.15. The molecule has 1 atom stereocenters. The third-order valence-corrected chi connectivity index (χ3v) is 3.58. The van der Waals surface area contributed by atoms with Crippen molar-refractivity contribution in [1.29, 1.82) is 0 Å². The molecule has 4 nitrogen and oxygen atoms in total. The zero-order chi connectivity index (χ0) is 11.5. The Hall–Kier alpha value is -0.910. The molecule has 15 heavy (non-hydrogen) atoms. The van der Waals surface area contributed by atoms with Crippen LogP contribution in [0.25, 0.3) is 0 Å². The van der Waals surface area contributed by atoms with Crippen LogP contribution < -0.4 is 5.90 Å². The lowest BCUT2D eigenvalue weighted by molar-refractivity contribution is 0.333. The zero-order valence-electron chi connectivity index (χ0n) is 8.80. The average molecular weight is 229 g/mol. The maximum Gasteiger partial charge on any atom is 0.312 e. The normalized spacial score (nSPS) is 13.8. The molecule has 0 saturated heterocycles. The van der Waals surface area contributed by atoms with Crippen LogP contribution in [-0.2, 0) is 14.4 Å². The maximum absolute atomic E-state index is 11.2. The summed E-state index contributed by atoms with van der Waals surface area (Å²) in [5.41, 5.74) is 1.11. The Bertz CT molecular complexity index is 411. The van der Waals surface area contributed by atoms with Gasteiger partial charge in [0, 0.05) is 0 Å². The lowest BCUT2D eigenvalue weighted by Crippen LogP contribution is -2.11. The molecule has 0 radical (unpaired) electrons. The van der Waals surface area contributed by atoms with E-state index in [-0.39, 0.29) is 4.90 Å². The fourth-order valence-corrected chi connectivity index (χ4v) is 1.83. The van der Waals surface area contributed by atoms with Gasteiger partial charge in [-0.15, -0.1) is 0 Å². The Morgan fingerprint density at radius 2 is 1.87 bits per heavy atom. The lowest BCUT2D eigenvalue weighted by Gasteiger charge is -2.09. The van der Waals surface area contributed by atoms with E-state index in [1.807, 2.05) is 0 Å². The fourth-order valence-electron chi connectivity index (χ4n) is 1.25. The van der Waals surface area contributed by atoms with Crippen molar-refractivity contribution in [3.8, 4) is 0 Å². The van der Waals surface area contributed by atoms with Crippen LogP contribution >= 0.6 is 0 Å². The van der Waals surface area contributed by atoms with Crippen LogP contribution in [0.4, 0.5) is 0 Å². The number of nitrogens with two attached hydrogens (primary N) is 1. The molecule has 1 rings (SSSR count). The van der Waals surface area contributed by atoms with Crippen LogP contribution in [0.15, 0.2) is 29.2 Å². The van der Waals surface area contributed by atoms with Gasteiger partial charge in [-0.05, 0) is 30.0 Å². The van der Waals surface area contributed by atoms with Crippen LogP contribution in [-0.4, -0.2) is 8.42 Å². The Balaban J connectivity index is 3.00. The molecule has 0 aromatic heterocycles. The number of hydrogen-bond acceptors (Lipinski definition) is 4. The van der Waals surface area contributed by atoms with Gasteiger partial charge in [-0.2, -0.15) is 18.6 Å². The van der Waals surface area contributed by atoms with Crippen LogP contribution in [0.1, 0.15) is 31.7 Å². The molecule has 1 unspecified atom stereocenters. The molecular weight excluding hydrogens is 214 g/mol. The quantitative estimate of drug-likeness (QED) is 0.799. The van der Waals surface area contributed by atoms with Gasteiger partial charge in [0.2, 0.25) is 0 Å². The number of benzene rings is 1. The molecule has 0 fully saturated rings. The molecule has 1 aromatic rings. The fraction of sp³-hybridized carbons (Fsp3) is 0.400. The molecule has 0 aliphatic rings. The summed E-state index contributed by atoms with van der Waals surface area (Å²) >= 11 is 0. The average Bonchev–Trinajstić information content (AvgIpc) is 2.28. The van der Waals surface area contributed by atoms with Gasteiger partial charge in [-0.1, -0.05) is 26.0 Å². The van der Waals surface area contributed by atoms with E-state index in [9.17, 15) is 8.42 Å². The molecule has 0 aliphatic carbocycles. The van der Waals surface area contributed by atoms with E-state index in [2.05, 4.69) is 24.0 Å². The molecule has 2 N–H and O–H groups in total. The minimum absolute atomic E-state index is 0.0806. The van der Waals surface area contributed by atoms with Crippen molar-refractivity contribution in [1.82, 2.24) is 0 Å². The molecule has 0 amide bonds. The molecule has 84 valence electrons. The minimum Gasteiger partial charge on any atom is -0.197 e. The van der Waals surface area contributed by atoms with E-state index in [0.717, 1.165) is 12.0 Å². The van der Waals surface area contributed by atoms with E-state index < -0.39 is 10.1 Å². The van der Waals surface area contributed by atoms with Gasteiger partial charge >= 0.3 is 10.1 Å². The van der Waals surface area contributed by atoms with E-state index in [4.69, 9.17) is 0 Å². The maximum atomic E-state index is 11.2. The minimum atomic E-state index is -3.77. The summed E-state index contributed by atoms with van der Waals surface area (Å²) in [4.78, 5) is 0.0806. The Labute approximate surface area is 90.1 Å². The van der Waals surface area contributed by atoms with Crippen molar-refractivity contribution in [3.05, 3.63) is 29.8 Å². The Kier molecular flexibility index (Phi) is 3.84. The highest BCUT2D eigenvalue weighted by atomic mass is 32.2. The molecule has 0 heterocycles.